The molecule has 0 aliphatic carbocycles. The van der Waals surface area contributed by atoms with Crippen molar-refractivity contribution >= 4 is 33.8 Å². The number of ether oxygens (including phenoxy) is 1. The fourth-order valence-corrected chi connectivity index (χ4v) is 4.98. The van der Waals surface area contributed by atoms with E-state index in [9.17, 15) is 0 Å². The number of guanidine groups is 1. The molecule has 2 aliphatic heterocycles. The van der Waals surface area contributed by atoms with Crippen molar-refractivity contribution in [3.05, 3.63) is 40.6 Å². The maximum atomic E-state index is 5.43. The lowest BCUT2D eigenvalue weighted by Crippen LogP contribution is -2.35. The third kappa shape index (κ3) is 4.70. The molecule has 0 spiro atoms. The van der Waals surface area contributed by atoms with Gasteiger partial charge in [-0.05, 0) is 12.0 Å². The number of nitrogens with zero attached hydrogens (tertiary/aromatic N) is 4. The number of morpholine rings is 1. The van der Waals surface area contributed by atoms with Gasteiger partial charge in [0.2, 0.25) is 0 Å². The number of aliphatic imine (C=N–C) groups is 1. The maximum Gasteiger partial charge on any atom is 0.197 e. The molecule has 30 heavy (non-hydrogen) atoms. The Hall–Kier alpha value is -2.33. The first-order valence-electron chi connectivity index (χ1n) is 10.2. The van der Waals surface area contributed by atoms with Crippen LogP contribution < -0.4 is 10.6 Å². The zero-order valence-corrected chi connectivity index (χ0v) is 18.3. The lowest BCUT2D eigenvalue weighted by Gasteiger charge is -2.26. The number of hydrogen-bond donors (Lipinski definition) is 2. The topological polar surface area (TPSA) is 74.7 Å². The van der Waals surface area contributed by atoms with Gasteiger partial charge in [-0.25, -0.2) is 9.97 Å². The molecule has 7 nitrogen and oxygen atoms in total. The van der Waals surface area contributed by atoms with Gasteiger partial charge in [0.1, 0.15) is 16.4 Å². The fraction of sp³-hybridized carbons (Fsp3) is 0.381. The van der Waals surface area contributed by atoms with Crippen LogP contribution in [0.15, 0.2) is 40.0 Å². The number of rotatable bonds is 5. The SMILES string of the molecule is c1cc(-c2nc(-c3csc(NC4=NCCCN4)n3)cs2)ccc1CN1CCOCC1. The molecule has 3 aromatic rings. The Morgan fingerprint density at radius 2 is 1.83 bits per heavy atom. The Morgan fingerprint density at radius 3 is 2.63 bits per heavy atom. The average molecular weight is 441 g/mol. The normalized spacial score (nSPS) is 17.4. The summed E-state index contributed by atoms with van der Waals surface area (Å²) in [5.41, 5.74) is 4.28. The van der Waals surface area contributed by atoms with Crippen LogP contribution in [0.5, 0.6) is 0 Å². The summed E-state index contributed by atoms with van der Waals surface area (Å²) in [5.74, 6) is 0.804. The van der Waals surface area contributed by atoms with Crippen molar-refractivity contribution in [2.75, 3.05) is 44.7 Å². The second kappa shape index (κ2) is 9.22. The maximum absolute atomic E-state index is 5.43. The summed E-state index contributed by atoms with van der Waals surface area (Å²) in [6, 6.07) is 8.74. The Labute approximate surface area is 183 Å². The van der Waals surface area contributed by atoms with E-state index < -0.39 is 0 Å². The molecule has 1 aromatic carbocycles. The Kier molecular flexibility index (Phi) is 6.03. The van der Waals surface area contributed by atoms with Gasteiger partial charge in [0, 0.05) is 49.0 Å². The minimum Gasteiger partial charge on any atom is -0.379 e. The van der Waals surface area contributed by atoms with Crippen LogP contribution in [0.4, 0.5) is 5.13 Å². The molecule has 2 aliphatic rings. The van der Waals surface area contributed by atoms with Crippen LogP contribution in [0.25, 0.3) is 22.0 Å². The molecule has 0 unspecified atom stereocenters. The van der Waals surface area contributed by atoms with Crippen molar-refractivity contribution in [1.82, 2.24) is 20.2 Å². The van der Waals surface area contributed by atoms with E-state index in [-0.39, 0.29) is 0 Å². The highest BCUT2D eigenvalue weighted by Crippen LogP contribution is 2.31. The molecule has 4 heterocycles. The van der Waals surface area contributed by atoms with Crippen molar-refractivity contribution in [2.24, 2.45) is 4.99 Å². The van der Waals surface area contributed by atoms with Crippen LogP contribution in [0, 0.1) is 0 Å². The summed E-state index contributed by atoms with van der Waals surface area (Å²) in [7, 11) is 0. The first kappa shape index (κ1) is 19.6. The number of aromatic nitrogens is 2. The summed E-state index contributed by atoms with van der Waals surface area (Å²) < 4.78 is 5.43. The second-order valence-electron chi connectivity index (χ2n) is 7.30. The summed E-state index contributed by atoms with van der Waals surface area (Å²) >= 11 is 3.22. The van der Waals surface area contributed by atoms with E-state index in [1.54, 1.807) is 22.7 Å². The van der Waals surface area contributed by atoms with Crippen LogP contribution in [0.2, 0.25) is 0 Å². The van der Waals surface area contributed by atoms with Crippen LogP contribution in [-0.4, -0.2) is 60.2 Å². The van der Waals surface area contributed by atoms with Gasteiger partial charge in [-0.3, -0.25) is 9.89 Å². The quantitative estimate of drug-likeness (QED) is 0.632. The van der Waals surface area contributed by atoms with Crippen LogP contribution in [0.3, 0.4) is 0 Å². The molecule has 0 saturated carbocycles. The minimum atomic E-state index is 0.804. The van der Waals surface area contributed by atoms with E-state index in [1.807, 2.05) is 5.38 Å². The largest absolute Gasteiger partial charge is 0.379 e. The Morgan fingerprint density at radius 1 is 1.03 bits per heavy atom. The smallest absolute Gasteiger partial charge is 0.197 e. The lowest BCUT2D eigenvalue weighted by molar-refractivity contribution is 0.0342. The monoisotopic (exact) mass is 440 g/mol. The van der Waals surface area contributed by atoms with Gasteiger partial charge >= 0.3 is 0 Å². The second-order valence-corrected chi connectivity index (χ2v) is 9.01. The fourth-order valence-electron chi connectivity index (χ4n) is 3.46. The van der Waals surface area contributed by atoms with E-state index in [2.05, 4.69) is 55.2 Å². The van der Waals surface area contributed by atoms with E-state index >= 15 is 0 Å². The van der Waals surface area contributed by atoms with Gasteiger partial charge in [0.15, 0.2) is 11.1 Å². The highest BCUT2D eigenvalue weighted by atomic mass is 32.1. The number of benzene rings is 1. The molecule has 0 radical (unpaired) electrons. The minimum absolute atomic E-state index is 0.804. The molecule has 1 saturated heterocycles. The van der Waals surface area contributed by atoms with Crippen LogP contribution >= 0.6 is 22.7 Å². The summed E-state index contributed by atoms with van der Waals surface area (Å²) in [6.45, 7) is 6.45. The van der Waals surface area contributed by atoms with Gasteiger partial charge in [-0.1, -0.05) is 24.3 Å². The van der Waals surface area contributed by atoms with Crippen molar-refractivity contribution < 1.29 is 4.74 Å². The standard InChI is InChI=1S/C21H24N6OS2/c1-6-22-20(23-7-1)26-21-25-18(14-30-21)17-13-29-19(24-17)16-4-2-15(3-5-16)12-27-8-10-28-11-9-27/h2-5,13-14H,1,6-12H2,(H2,22,23,25,26). The van der Waals surface area contributed by atoms with Gasteiger partial charge in [0.25, 0.3) is 0 Å². The first-order chi connectivity index (χ1) is 14.8. The van der Waals surface area contributed by atoms with E-state index in [4.69, 9.17) is 9.72 Å². The average Bonchev–Trinajstić information content (AvgIpc) is 3.46. The summed E-state index contributed by atoms with van der Waals surface area (Å²) in [6.07, 6.45) is 1.07. The number of anilines is 1. The molecule has 156 valence electrons. The highest BCUT2D eigenvalue weighted by Gasteiger charge is 2.13. The highest BCUT2D eigenvalue weighted by molar-refractivity contribution is 7.14. The third-order valence-corrected chi connectivity index (χ3v) is 6.75. The van der Waals surface area contributed by atoms with Crippen molar-refractivity contribution in [1.29, 1.82) is 0 Å². The van der Waals surface area contributed by atoms with Crippen LogP contribution in [-0.2, 0) is 11.3 Å². The third-order valence-electron chi connectivity index (χ3n) is 5.10. The van der Waals surface area contributed by atoms with E-state index in [0.717, 1.165) is 85.4 Å². The molecule has 2 aromatic heterocycles. The van der Waals surface area contributed by atoms with E-state index in [1.165, 1.54) is 5.56 Å². The molecule has 1 fully saturated rings. The molecule has 5 rings (SSSR count). The van der Waals surface area contributed by atoms with E-state index in [0.29, 0.717) is 0 Å². The summed E-state index contributed by atoms with van der Waals surface area (Å²) in [5, 5.41) is 12.5. The van der Waals surface area contributed by atoms with Gasteiger partial charge < -0.3 is 15.4 Å². The molecular formula is C21H24N6OS2. The van der Waals surface area contributed by atoms with Gasteiger partial charge in [-0.2, -0.15) is 0 Å². The van der Waals surface area contributed by atoms with Crippen molar-refractivity contribution in [2.45, 2.75) is 13.0 Å². The predicted octanol–water partition coefficient (Wildman–Crippen LogP) is 3.53. The lowest BCUT2D eigenvalue weighted by atomic mass is 10.1. The molecular weight excluding hydrogens is 416 g/mol. The molecule has 0 amide bonds. The number of thiazole rings is 2. The van der Waals surface area contributed by atoms with Gasteiger partial charge in [0.05, 0.1) is 13.2 Å². The number of hydrogen-bond acceptors (Lipinski definition) is 9. The van der Waals surface area contributed by atoms with Gasteiger partial charge in [-0.15, -0.1) is 22.7 Å². The summed E-state index contributed by atoms with van der Waals surface area (Å²) in [4.78, 5) is 16.4. The first-order valence-corrected chi connectivity index (χ1v) is 12.0. The molecule has 2 N–H and O–H groups in total. The van der Waals surface area contributed by atoms with Crippen molar-refractivity contribution in [3.63, 3.8) is 0 Å². The molecule has 9 heteroatoms. The zero-order valence-electron chi connectivity index (χ0n) is 16.6. The molecule has 0 atom stereocenters. The number of nitrogens with one attached hydrogen (secondary N) is 2. The van der Waals surface area contributed by atoms with Crippen LogP contribution in [0.1, 0.15) is 12.0 Å². The zero-order chi connectivity index (χ0) is 20.2. The Bertz CT molecular complexity index is 1010. The van der Waals surface area contributed by atoms with Crippen molar-refractivity contribution in [3.8, 4) is 22.0 Å². The predicted molar refractivity (Wildman–Crippen MR) is 123 cm³/mol. The Balaban J connectivity index is 1.24. The molecule has 0 bridgehead atoms.